The number of benzene rings is 3. The number of carbonyl (C=O) groups excluding carboxylic acids is 2. The molecule has 1 aromatic heterocycles. The van der Waals surface area contributed by atoms with Crippen LogP contribution in [0.3, 0.4) is 0 Å². The second-order valence-corrected chi connectivity index (χ2v) is 8.29. The predicted octanol–water partition coefficient (Wildman–Crippen LogP) is 5.09. The number of rotatable bonds is 7. The summed E-state index contributed by atoms with van der Waals surface area (Å²) in [6.07, 6.45) is 3.79. The Bertz CT molecular complexity index is 1360. The van der Waals surface area contributed by atoms with Crippen LogP contribution in [-0.4, -0.2) is 34.1 Å². The van der Waals surface area contributed by atoms with Crippen molar-refractivity contribution in [1.82, 2.24) is 9.99 Å². The van der Waals surface area contributed by atoms with Crippen LogP contribution in [-0.2, 0) is 4.79 Å². The smallest absolute Gasteiger partial charge is 0.274 e. The average Bonchev–Trinajstić information content (AvgIpc) is 3.39. The van der Waals surface area contributed by atoms with E-state index < -0.39 is 0 Å². The van der Waals surface area contributed by atoms with Crippen molar-refractivity contribution in [2.75, 3.05) is 11.9 Å². The van der Waals surface area contributed by atoms with Crippen LogP contribution in [0.1, 0.15) is 33.9 Å². The molecule has 0 spiro atoms. The van der Waals surface area contributed by atoms with Crippen LogP contribution in [0.15, 0.2) is 115 Å². The second-order valence-electron chi connectivity index (χ2n) is 8.29. The Hall–Kier alpha value is -4.78. The normalized spacial score (nSPS) is 14.7. The first-order valence-electron chi connectivity index (χ1n) is 11.6. The highest BCUT2D eigenvalue weighted by Crippen LogP contribution is 2.34. The molecule has 1 unspecified atom stereocenters. The summed E-state index contributed by atoms with van der Waals surface area (Å²) < 4.78 is 5.64. The molecule has 1 N–H and O–H groups in total. The van der Waals surface area contributed by atoms with Crippen molar-refractivity contribution in [3.05, 3.63) is 126 Å². The van der Waals surface area contributed by atoms with Gasteiger partial charge in [0, 0.05) is 30.1 Å². The lowest BCUT2D eigenvalue weighted by atomic mass is 9.98. The summed E-state index contributed by atoms with van der Waals surface area (Å²) >= 11 is 0. The lowest BCUT2D eigenvalue weighted by Gasteiger charge is -2.22. The topological polar surface area (TPSA) is 83.9 Å². The monoisotopic (exact) mass is 476 g/mol. The molecular weight excluding hydrogens is 452 g/mol. The van der Waals surface area contributed by atoms with E-state index in [1.54, 1.807) is 41.7 Å². The summed E-state index contributed by atoms with van der Waals surface area (Å²) in [5, 5.41) is 9.07. The molecule has 0 saturated carbocycles. The summed E-state index contributed by atoms with van der Waals surface area (Å²) in [5.41, 5.74) is 3.97. The van der Waals surface area contributed by atoms with Gasteiger partial charge in [-0.15, -0.1) is 0 Å². The molecule has 7 nitrogen and oxygen atoms in total. The number of hydrogen-bond acceptors (Lipinski definition) is 5. The van der Waals surface area contributed by atoms with E-state index in [1.807, 2.05) is 72.8 Å². The van der Waals surface area contributed by atoms with Gasteiger partial charge >= 0.3 is 0 Å². The Labute approximate surface area is 209 Å². The third-order valence-electron chi connectivity index (χ3n) is 5.85. The van der Waals surface area contributed by atoms with Gasteiger partial charge in [0.15, 0.2) is 6.61 Å². The summed E-state index contributed by atoms with van der Waals surface area (Å²) in [4.78, 5) is 29.4. The lowest BCUT2D eigenvalue weighted by Crippen LogP contribution is -2.27. The lowest BCUT2D eigenvalue weighted by molar-refractivity contribution is -0.118. The molecule has 36 heavy (non-hydrogen) atoms. The number of anilines is 1. The Kier molecular flexibility index (Phi) is 6.80. The van der Waals surface area contributed by atoms with E-state index in [1.165, 1.54) is 0 Å². The molecule has 0 aliphatic carbocycles. The first-order chi connectivity index (χ1) is 17.7. The number of nitrogens with one attached hydrogen (secondary N) is 1. The summed E-state index contributed by atoms with van der Waals surface area (Å²) in [6, 6.07) is 29.7. The minimum atomic E-state index is -0.235. The molecule has 1 aliphatic rings. The number of nitrogens with zero attached hydrogens (tertiary/aromatic N) is 3. The van der Waals surface area contributed by atoms with Gasteiger partial charge in [-0.3, -0.25) is 14.6 Å². The highest BCUT2D eigenvalue weighted by molar-refractivity contribution is 6.05. The number of ether oxygens (including phenoxy) is 1. The predicted molar refractivity (Wildman–Crippen MR) is 138 cm³/mol. The molecule has 7 heteroatoms. The zero-order chi connectivity index (χ0) is 24.7. The second kappa shape index (κ2) is 10.7. The van der Waals surface area contributed by atoms with E-state index in [2.05, 4.69) is 10.3 Å². The van der Waals surface area contributed by atoms with Gasteiger partial charge in [-0.05, 0) is 59.7 Å². The van der Waals surface area contributed by atoms with Crippen LogP contribution in [0.5, 0.6) is 5.75 Å². The van der Waals surface area contributed by atoms with Crippen molar-refractivity contribution in [3.63, 3.8) is 0 Å². The number of pyridine rings is 1. The maximum Gasteiger partial charge on any atom is 0.274 e. The van der Waals surface area contributed by atoms with Crippen LogP contribution >= 0.6 is 0 Å². The van der Waals surface area contributed by atoms with Crippen molar-refractivity contribution in [1.29, 1.82) is 0 Å². The molecule has 2 heterocycles. The van der Waals surface area contributed by atoms with Gasteiger partial charge in [0.2, 0.25) is 0 Å². The Morgan fingerprint density at radius 3 is 2.22 bits per heavy atom. The van der Waals surface area contributed by atoms with Gasteiger partial charge < -0.3 is 10.1 Å². The van der Waals surface area contributed by atoms with E-state index in [9.17, 15) is 9.59 Å². The molecule has 4 aromatic rings. The molecule has 1 atom stereocenters. The highest BCUT2D eigenvalue weighted by atomic mass is 16.5. The number of amides is 2. The van der Waals surface area contributed by atoms with Crippen LogP contribution in [0.25, 0.3) is 0 Å². The summed E-state index contributed by atoms with van der Waals surface area (Å²) in [7, 11) is 0. The van der Waals surface area contributed by atoms with Crippen LogP contribution < -0.4 is 10.1 Å². The number of aromatic nitrogens is 1. The number of hydrazone groups is 1. The van der Waals surface area contributed by atoms with Crippen LogP contribution in [0.4, 0.5) is 5.69 Å². The fourth-order valence-electron chi connectivity index (χ4n) is 4.04. The van der Waals surface area contributed by atoms with E-state index >= 15 is 0 Å². The molecule has 5 rings (SSSR count). The third-order valence-corrected chi connectivity index (χ3v) is 5.85. The Morgan fingerprint density at radius 2 is 1.53 bits per heavy atom. The maximum atomic E-state index is 13.3. The summed E-state index contributed by atoms with van der Waals surface area (Å²) in [5.74, 6) is 0.164. The number of carbonyl (C=O) groups is 2. The Morgan fingerprint density at radius 1 is 0.861 bits per heavy atom. The maximum absolute atomic E-state index is 13.3. The molecule has 0 saturated heterocycles. The van der Waals surface area contributed by atoms with E-state index in [0.29, 0.717) is 17.7 Å². The van der Waals surface area contributed by atoms with Crippen molar-refractivity contribution in [2.45, 2.75) is 12.5 Å². The minimum absolute atomic E-state index is 0.0977. The number of hydrogen-bond donors (Lipinski definition) is 1. The molecule has 2 amide bonds. The van der Waals surface area contributed by atoms with E-state index in [-0.39, 0.29) is 24.5 Å². The van der Waals surface area contributed by atoms with E-state index in [0.717, 1.165) is 22.5 Å². The quantitative estimate of drug-likeness (QED) is 0.403. The molecule has 0 radical (unpaired) electrons. The first kappa shape index (κ1) is 23.0. The van der Waals surface area contributed by atoms with Crippen LogP contribution in [0, 0.1) is 0 Å². The fourth-order valence-corrected chi connectivity index (χ4v) is 4.04. The molecule has 3 aromatic carbocycles. The third kappa shape index (κ3) is 5.31. The SMILES string of the molecule is O=C(COc1ccc(C2=NN(C(=O)c3ccncc3)C(c3ccccc3)C2)cc1)Nc1ccccc1. The van der Waals surface area contributed by atoms with Gasteiger partial charge in [-0.25, -0.2) is 5.01 Å². The number of para-hydroxylation sites is 1. The zero-order valence-electron chi connectivity index (χ0n) is 19.5. The first-order valence-corrected chi connectivity index (χ1v) is 11.6. The molecule has 0 fully saturated rings. The van der Waals surface area contributed by atoms with Crippen molar-refractivity contribution >= 4 is 23.2 Å². The largest absolute Gasteiger partial charge is 0.484 e. The fraction of sp³-hybridized carbons (Fsp3) is 0.103. The van der Waals surface area contributed by atoms with Crippen molar-refractivity contribution in [2.24, 2.45) is 5.10 Å². The van der Waals surface area contributed by atoms with Gasteiger partial charge in [0.05, 0.1) is 11.8 Å². The molecular formula is C29H24N4O3. The van der Waals surface area contributed by atoms with Gasteiger partial charge in [-0.2, -0.15) is 5.10 Å². The molecule has 178 valence electrons. The van der Waals surface area contributed by atoms with Crippen LogP contribution in [0.2, 0.25) is 0 Å². The minimum Gasteiger partial charge on any atom is -0.484 e. The van der Waals surface area contributed by atoms with E-state index in [4.69, 9.17) is 9.84 Å². The summed E-state index contributed by atoms with van der Waals surface area (Å²) in [6.45, 7) is -0.0977. The molecule has 1 aliphatic heterocycles. The molecule has 0 bridgehead atoms. The highest BCUT2D eigenvalue weighted by Gasteiger charge is 2.33. The van der Waals surface area contributed by atoms with Gasteiger partial charge in [0.25, 0.3) is 11.8 Å². The Balaban J connectivity index is 1.29. The standard InChI is InChI=1S/C29H24N4O3/c34-28(31-24-9-5-2-6-10-24)20-36-25-13-11-21(12-14-25)26-19-27(22-7-3-1-4-8-22)33(32-26)29(35)23-15-17-30-18-16-23/h1-18,27H,19-20H2,(H,31,34). The van der Waals surface area contributed by atoms with Crippen molar-refractivity contribution in [3.8, 4) is 5.75 Å². The van der Waals surface area contributed by atoms with Crippen molar-refractivity contribution < 1.29 is 14.3 Å². The van der Waals surface area contributed by atoms with Gasteiger partial charge in [-0.1, -0.05) is 48.5 Å². The average molecular weight is 477 g/mol. The van der Waals surface area contributed by atoms with Gasteiger partial charge in [0.1, 0.15) is 5.75 Å². The zero-order valence-corrected chi connectivity index (χ0v) is 19.5.